The van der Waals surface area contributed by atoms with Crippen molar-refractivity contribution in [2.24, 2.45) is 11.5 Å². The Morgan fingerprint density at radius 1 is 1.00 bits per heavy atom. The molecule has 3 rings (SSSR count). The van der Waals surface area contributed by atoms with Gasteiger partial charge in [0, 0.05) is 6.04 Å². The van der Waals surface area contributed by atoms with Crippen LogP contribution in [0.4, 0.5) is 0 Å². The molecule has 4 heteroatoms. The van der Waals surface area contributed by atoms with Gasteiger partial charge < -0.3 is 21.7 Å². The Morgan fingerprint density at radius 2 is 1.58 bits per heavy atom. The average molecular weight is 326 g/mol. The molecule has 0 radical (unpaired) electrons. The van der Waals surface area contributed by atoms with Gasteiger partial charge in [0.2, 0.25) is 0 Å². The number of hydrogen-bond acceptors (Lipinski definition) is 4. The maximum absolute atomic E-state index is 11.8. The van der Waals surface area contributed by atoms with E-state index in [0.717, 1.165) is 19.3 Å². The van der Waals surface area contributed by atoms with Gasteiger partial charge in [-0.05, 0) is 24.0 Å². The minimum Gasteiger partial charge on any atom is -0.385 e. The molecule has 0 heterocycles. The summed E-state index contributed by atoms with van der Waals surface area (Å²) in [6.45, 7) is 0. The highest BCUT2D eigenvalue weighted by Gasteiger charge is 2.57. The summed E-state index contributed by atoms with van der Waals surface area (Å²) in [6.07, 6.45) is 2.04. The van der Waals surface area contributed by atoms with Crippen LogP contribution in [-0.2, 0) is 5.60 Å². The SMILES string of the molecule is N[C@H]1CCCC[C@@]1(N)C(O)(c1ccccc1)C(O)c1ccccc1. The first-order valence-electron chi connectivity index (χ1n) is 8.55. The zero-order valence-corrected chi connectivity index (χ0v) is 13.8. The van der Waals surface area contributed by atoms with Gasteiger partial charge in [-0.25, -0.2) is 0 Å². The summed E-state index contributed by atoms with van der Waals surface area (Å²) in [4.78, 5) is 0. The first-order valence-corrected chi connectivity index (χ1v) is 8.55. The topological polar surface area (TPSA) is 92.5 Å². The lowest BCUT2D eigenvalue weighted by Gasteiger charge is -2.52. The Balaban J connectivity index is 2.14. The Morgan fingerprint density at radius 3 is 2.17 bits per heavy atom. The second-order valence-corrected chi connectivity index (χ2v) is 6.84. The van der Waals surface area contributed by atoms with Gasteiger partial charge in [-0.2, -0.15) is 0 Å². The fourth-order valence-corrected chi connectivity index (χ4v) is 3.95. The molecule has 1 fully saturated rings. The monoisotopic (exact) mass is 326 g/mol. The molecule has 4 nitrogen and oxygen atoms in total. The summed E-state index contributed by atoms with van der Waals surface area (Å²) >= 11 is 0. The summed E-state index contributed by atoms with van der Waals surface area (Å²) in [5.41, 5.74) is 11.5. The zero-order valence-electron chi connectivity index (χ0n) is 13.8. The fourth-order valence-electron chi connectivity index (χ4n) is 3.95. The summed E-state index contributed by atoms with van der Waals surface area (Å²) < 4.78 is 0. The molecular weight excluding hydrogens is 300 g/mol. The summed E-state index contributed by atoms with van der Waals surface area (Å²) in [5, 5.41) is 22.9. The molecule has 0 aromatic heterocycles. The molecular formula is C20H26N2O2. The van der Waals surface area contributed by atoms with Crippen LogP contribution in [0.25, 0.3) is 0 Å². The van der Waals surface area contributed by atoms with Gasteiger partial charge in [-0.15, -0.1) is 0 Å². The van der Waals surface area contributed by atoms with E-state index < -0.39 is 17.2 Å². The molecule has 2 aromatic carbocycles. The molecule has 2 aromatic rings. The third kappa shape index (κ3) is 2.66. The number of nitrogens with two attached hydrogens (primary N) is 2. The van der Waals surface area contributed by atoms with Gasteiger partial charge in [0.15, 0.2) is 0 Å². The van der Waals surface area contributed by atoms with Crippen molar-refractivity contribution < 1.29 is 10.2 Å². The van der Waals surface area contributed by atoms with Crippen molar-refractivity contribution in [1.82, 2.24) is 0 Å². The average Bonchev–Trinajstić information content (AvgIpc) is 2.64. The second kappa shape index (κ2) is 6.65. The lowest BCUT2D eigenvalue weighted by Crippen LogP contribution is -2.70. The predicted octanol–water partition coefficient (Wildman–Crippen LogP) is 2.21. The van der Waals surface area contributed by atoms with E-state index in [1.165, 1.54) is 0 Å². The molecule has 6 N–H and O–H groups in total. The van der Waals surface area contributed by atoms with E-state index in [4.69, 9.17) is 11.5 Å². The van der Waals surface area contributed by atoms with Crippen LogP contribution in [0.5, 0.6) is 0 Å². The van der Waals surface area contributed by atoms with E-state index in [2.05, 4.69) is 0 Å². The smallest absolute Gasteiger partial charge is 0.139 e. The zero-order chi connectivity index (χ0) is 17.2. The van der Waals surface area contributed by atoms with E-state index in [1.54, 1.807) is 12.1 Å². The van der Waals surface area contributed by atoms with Crippen LogP contribution >= 0.6 is 0 Å². The van der Waals surface area contributed by atoms with E-state index in [1.807, 2.05) is 48.5 Å². The molecule has 1 aliphatic carbocycles. The molecule has 4 atom stereocenters. The first-order chi connectivity index (χ1) is 11.5. The molecule has 1 saturated carbocycles. The fraction of sp³-hybridized carbons (Fsp3) is 0.400. The molecule has 0 aliphatic heterocycles. The number of aliphatic hydroxyl groups excluding tert-OH is 1. The normalized spacial score (nSPS) is 28.1. The van der Waals surface area contributed by atoms with Gasteiger partial charge in [-0.3, -0.25) is 0 Å². The van der Waals surface area contributed by atoms with Crippen LogP contribution in [0.1, 0.15) is 42.9 Å². The Bertz CT molecular complexity index is 664. The summed E-state index contributed by atoms with van der Waals surface area (Å²) in [6, 6.07) is 18.0. The lowest BCUT2D eigenvalue weighted by atomic mass is 9.62. The minimum atomic E-state index is -1.66. The van der Waals surface area contributed by atoms with Crippen molar-refractivity contribution in [3.63, 3.8) is 0 Å². The van der Waals surface area contributed by atoms with E-state index >= 15 is 0 Å². The number of hydrogen-bond donors (Lipinski definition) is 4. The Labute approximate surface area is 143 Å². The number of benzene rings is 2. The van der Waals surface area contributed by atoms with Crippen LogP contribution in [0.2, 0.25) is 0 Å². The van der Waals surface area contributed by atoms with Crippen LogP contribution in [0, 0.1) is 0 Å². The molecule has 2 unspecified atom stereocenters. The Hall–Kier alpha value is -1.72. The van der Waals surface area contributed by atoms with Crippen LogP contribution in [-0.4, -0.2) is 21.8 Å². The number of aliphatic hydroxyl groups is 2. The van der Waals surface area contributed by atoms with Gasteiger partial charge in [0.25, 0.3) is 0 Å². The van der Waals surface area contributed by atoms with Gasteiger partial charge in [-0.1, -0.05) is 73.5 Å². The van der Waals surface area contributed by atoms with Crippen molar-refractivity contribution in [2.45, 2.75) is 49.0 Å². The molecule has 0 saturated heterocycles. The van der Waals surface area contributed by atoms with E-state index in [0.29, 0.717) is 17.5 Å². The molecule has 1 aliphatic rings. The first kappa shape index (κ1) is 17.1. The summed E-state index contributed by atoms with van der Waals surface area (Å²) in [5.74, 6) is 0. The highest BCUT2D eigenvalue weighted by atomic mass is 16.3. The van der Waals surface area contributed by atoms with Crippen molar-refractivity contribution in [2.75, 3.05) is 0 Å². The lowest BCUT2D eigenvalue weighted by molar-refractivity contribution is -0.149. The van der Waals surface area contributed by atoms with Crippen molar-refractivity contribution in [3.05, 3.63) is 71.8 Å². The van der Waals surface area contributed by atoms with Crippen LogP contribution < -0.4 is 11.5 Å². The van der Waals surface area contributed by atoms with Gasteiger partial charge >= 0.3 is 0 Å². The quantitative estimate of drug-likeness (QED) is 0.693. The summed E-state index contributed by atoms with van der Waals surface area (Å²) in [7, 11) is 0. The number of rotatable bonds is 4. The molecule has 0 amide bonds. The van der Waals surface area contributed by atoms with Crippen molar-refractivity contribution in [1.29, 1.82) is 0 Å². The van der Waals surface area contributed by atoms with Crippen LogP contribution in [0.15, 0.2) is 60.7 Å². The highest BCUT2D eigenvalue weighted by Crippen LogP contribution is 2.47. The van der Waals surface area contributed by atoms with Crippen molar-refractivity contribution >= 4 is 0 Å². The highest BCUT2D eigenvalue weighted by molar-refractivity contribution is 5.35. The van der Waals surface area contributed by atoms with Crippen molar-refractivity contribution in [3.8, 4) is 0 Å². The maximum atomic E-state index is 11.8. The molecule has 0 spiro atoms. The van der Waals surface area contributed by atoms with E-state index in [9.17, 15) is 10.2 Å². The standard InChI is InChI=1S/C20H26N2O2/c21-17-13-7-8-14-19(17,22)20(24,16-11-5-2-6-12-16)18(23)15-9-3-1-4-10-15/h1-6,9-12,17-18,23-24H,7-8,13-14,21-22H2/t17-,18?,19-,20?/m0/s1. The van der Waals surface area contributed by atoms with E-state index in [-0.39, 0.29) is 6.04 Å². The second-order valence-electron chi connectivity index (χ2n) is 6.84. The molecule has 128 valence electrons. The predicted molar refractivity (Wildman–Crippen MR) is 95.1 cm³/mol. The Kier molecular flexibility index (Phi) is 4.74. The maximum Gasteiger partial charge on any atom is 0.139 e. The minimum absolute atomic E-state index is 0.380. The third-order valence-electron chi connectivity index (χ3n) is 5.45. The molecule has 0 bridgehead atoms. The third-order valence-corrected chi connectivity index (χ3v) is 5.45. The molecule has 24 heavy (non-hydrogen) atoms. The van der Waals surface area contributed by atoms with Gasteiger partial charge in [0.1, 0.15) is 11.7 Å². The van der Waals surface area contributed by atoms with Gasteiger partial charge in [0.05, 0.1) is 5.54 Å². The largest absolute Gasteiger partial charge is 0.385 e. The van der Waals surface area contributed by atoms with Crippen LogP contribution in [0.3, 0.4) is 0 Å².